The number of ether oxygens (including phenoxy) is 2. The fourth-order valence-corrected chi connectivity index (χ4v) is 7.19. The quantitative estimate of drug-likeness (QED) is 0.462. The molecule has 2 spiro atoms. The van der Waals surface area contributed by atoms with Crippen molar-refractivity contribution >= 4 is 23.9 Å². The van der Waals surface area contributed by atoms with Gasteiger partial charge in [-0.05, 0) is 42.9 Å². The van der Waals surface area contributed by atoms with Gasteiger partial charge >= 0.3 is 23.9 Å². The van der Waals surface area contributed by atoms with E-state index in [1.807, 2.05) is 0 Å². The summed E-state index contributed by atoms with van der Waals surface area (Å²) in [6.07, 6.45) is 2.58. The standard InChI is InChI=1S/C15H12O6/c16-10-7-8-5-3-14(6-2-1-4(5)6)12(18)21-13(19)15(8,14)9(7)11(17)20-10/h4-9H,1-3H2. The summed E-state index contributed by atoms with van der Waals surface area (Å²) in [6, 6.07) is 0. The highest BCUT2D eigenvalue weighted by atomic mass is 16.6. The summed E-state index contributed by atoms with van der Waals surface area (Å²) < 4.78 is 9.81. The van der Waals surface area contributed by atoms with Crippen LogP contribution < -0.4 is 0 Å². The van der Waals surface area contributed by atoms with Crippen LogP contribution >= 0.6 is 0 Å². The Morgan fingerprint density at radius 3 is 2.43 bits per heavy atom. The predicted octanol–water partition coefficient (Wildman–Crippen LogP) is 0.0479. The largest absolute Gasteiger partial charge is 0.393 e. The molecule has 0 radical (unpaired) electrons. The Kier molecular flexibility index (Phi) is 1.39. The van der Waals surface area contributed by atoms with E-state index in [1.165, 1.54) is 0 Å². The molecule has 6 rings (SSSR count). The molecule has 21 heavy (non-hydrogen) atoms. The van der Waals surface area contributed by atoms with Gasteiger partial charge in [0.15, 0.2) is 0 Å². The molecular formula is C15H12O6. The first-order chi connectivity index (χ1) is 10.0. The summed E-state index contributed by atoms with van der Waals surface area (Å²) in [4.78, 5) is 49.1. The van der Waals surface area contributed by atoms with Crippen molar-refractivity contribution in [3.05, 3.63) is 0 Å². The van der Waals surface area contributed by atoms with E-state index in [0.717, 1.165) is 12.8 Å². The Bertz CT molecular complexity index is 696. The lowest BCUT2D eigenvalue weighted by atomic mass is 9.35. The third-order valence-corrected chi connectivity index (χ3v) is 7.64. The molecule has 0 aromatic carbocycles. The highest BCUT2D eigenvalue weighted by molar-refractivity contribution is 6.12. The number of hydrogen-bond donors (Lipinski definition) is 0. The number of carbonyl (C=O) groups is 4. The minimum atomic E-state index is -1.08. The maximum atomic E-state index is 12.5. The fraction of sp³-hybridized carbons (Fsp3) is 0.733. The van der Waals surface area contributed by atoms with Crippen LogP contribution in [0.2, 0.25) is 0 Å². The molecule has 6 heteroatoms. The molecule has 0 amide bonds. The number of esters is 4. The summed E-state index contributed by atoms with van der Waals surface area (Å²) in [5.74, 6) is -2.92. The monoisotopic (exact) mass is 288 g/mol. The lowest BCUT2D eigenvalue weighted by Gasteiger charge is -2.62. The number of hydrogen-bond acceptors (Lipinski definition) is 6. The molecule has 0 aromatic rings. The van der Waals surface area contributed by atoms with E-state index in [4.69, 9.17) is 9.47 Å². The zero-order valence-electron chi connectivity index (χ0n) is 11.0. The van der Waals surface area contributed by atoms with Gasteiger partial charge < -0.3 is 9.47 Å². The van der Waals surface area contributed by atoms with Crippen molar-refractivity contribution in [2.45, 2.75) is 19.3 Å². The van der Waals surface area contributed by atoms with Crippen LogP contribution in [0, 0.1) is 46.3 Å². The molecule has 2 bridgehead atoms. The zero-order chi connectivity index (χ0) is 14.3. The van der Waals surface area contributed by atoms with Crippen LogP contribution in [0.1, 0.15) is 19.3 Å². The molecule has 6 fully saturated rings. The van der Waals surface area contributed by atoms with Gasteiger partial charge in [0.05, 0.1) is 17.3 Å². The molecule has 4 aliphatic carbocycles. The van der Waals surface area contributed by atoms with Gasteiger partial charge in [-0.1, -0.05) is 0 Å². The first-order valence-electron chi connectivity index (χ1n) is 7.57. The van der Waals surface area contributed by atoms with Crippen LogP contribution in [0.25, 0.3) is 0 Å². The molecule has 0 N–H and O–H groups in total. The smallest absolute Gasteiger partial charge is 0.322 e. The first-order valence-corrected chi connectivity index (χ1v) is 7.57. The average molecular weight is 288 g/mol. The Labute approximate surface area is 119 Å². The molecule has 8 unspecified atom stereocenters. The van der Waals surface area contributed by atoms with Crippen LogP contribution in [-0.4, -0.2) is 23.9 Å². The lowest BCUT2D eigenvalue weighted by molar-refractivity contribution is -0.212. The Morgan fingerprint density at radius 2 is 1.71 bits per heavy atom. The van der Waals surface area contributed by atoms with E-state index in [2.05, 4.69) is 0 Å². The Balaban J connectivity index is 1.65. The van der Waals surface area contributed by atoms with Crippen molar-refractivity contribution in [1.29, 1.82) is 0 Å². The van der Waals surface area contributed by atoms with Gasteiger partial charge in [0.2, 0.25) is 0 Å². The van der Waals surface area contributed by atoms with E-state index >= 15 is 0 Å². The van der Waals surface area contributed by atoms with Crippen molar-refractivity contribution < 1.29 is 28.7 Å². The van der Waals surface area contributed by atoms with Crippen LogP contribution in [0.3, 0.4) is 0 Å². The van der Waals surface area contributed by atoms with Gasteiger partial charge in [0, 0.05) is 0 Å². The van der Waals surface area contributed by atoms with Gasteiger partial charge in [-0.2, -0.15) is 0 Å². The predicted molar refractivity (Wildman–Crippen MR) is 61.9 cm³/mol. The Morgan fingerprint density at radius 1 is 0.905 bits per heavy atom. The van der Waals surface area contributed by atoms with Gasteiger partial charge in [0.25, 0.3) is 0 Å². The van der Waals surface area contributed by atoms with Crippen LogP contribution in [-0.2, 0) is 28.7 Å². The maximum absolute atomic E-state index is 12.5. The second-order valence-corrected chi connectivity index (χ2v) is 7.50. The zero-order valence-corrected chi connectivity index (χ0v) is 11.0. The summed E-state index contributed by atoms with van der Waals surface area (Å²) in [6.45, 7) is 0. The molecule has 108 valence electrons. The third kappa shape index (κ3) is 0.699. The highest BCUT2D eigenvalue weighted by Gasteiger charge is 2.95. The average Bonchev–Trinajstić information content (AvgIpc) is 2.85. The molecule has 8 atom stereocenters. The van der Waals surface area contributed by atoms with Crippen molar-refractivity contribution in [3.63, 3.8) is 0 Å². The molecular weight excluding hydrogens is 276 g/mol. The molecule has 6 aliphatic rings. The number of rotatable bonds is 0. The van der Waals surface area contributed by atoms with E-state index in [-0.39, 0.29) is 17.8 Å². The molecule has 0 aromatic heterocycles. The molecule has 6 nitrogen and oxygen atoms in total. The summed E-state index contributed by atoms with van der Waals surface area (Å²) in [7, 11) is 0. The maximum Gasteiger partial charge on any atom is 0.322 e. The summed E-state index contributed by atoms with van der Waals surface area (Å²) in [5.41, 5.74) is -1.92. The summed E-state index contributed by atoms with van der Waals surface area (Å²) >= 11 is 0. The lowest BCUT2D eigenvalue weighted by Crippen LogP contribution is -2.70. The van der Waals surface area contributed by atoms with Crippen LogP contribution in [0.15, 0.2) is 0 Å². The number of carbonyl (C=O) groups excluding carboxylic acids is 4. The van der Waals surface area contributed by atoms with Crippen molar-refractivity contribution in [2.75, 3.05) is 0 Å². The van der Waals surface area contributed by atoms with Crippen LogP contribution in [0.4, 0.5) is 0 Å². The van der Waals surface area contributed by atoms with Crippen molar-refractivity contribution in [3.8, 4) is 0 Å². The second kappa shape index (κ2) is 2.66. The fourth-order valence-electron chi connectivity index (χ4n) is 7.19. The van der Waals surface area contributed by atoms with Crippen LogP contribution in [0.5, 0.6) is 0 Å². The van der Waals surface area contributed by atoms with E-state index in [1.54, 1.807) is 0 Å². The van der Waals surface area contributed by atoms with Gasteiger partial charge in [-0.25, -0.2) is 0 Å². The molecule has 2 aliphatic heterocycles. The number of fused-ring (bicyclic) bond motifs is 6. The third-order valence-electron chi connectivity index (χ3n) is 7.64. The topological polar surface area (TPSA) is 86.7 Å². The Hall–Kier alpha value is -1.72. The molecule has 2 heterocycles. The molecule has 4 saturated carbocycles. The van der Waals surface area contributed by atoms with Gasteiger partial charge in [-0.3, -0.25) is 19.2 Å². The van der Waals surface area contributed by atoms with E-state index < -0.39 is 46.5 Å². The summed E-state index contributed by atoms with van der Waals surface area (Å²) in [5, 5.41) is 0. The van der Waals surface area contributed by atoms with Gasteiger partial charge in [0.1, 0.15) is 5.41 Å². The number of cyclic esters (lactones) is 4. The minimum Gasteiger partial charge on any atom is -0.393 e. The SMILES string of the molecule is O=C1OC(=O)C2C1C1C3CC4(C(=O)OC(=O)C214)C1CCC31. The molecule has 2 saturated heterocycles. The first kappa shape index (κ1) is 10.9. The van der Waals surface area contributed by atoms with Gasteiger partial charge in [-0.15, -0.1) is 0 Å². The van der Waals surface area contributed by atoms with Crippen molar-refractivity contribution in [2.24, 2.45) is 46.3 Å². The second-order valence-electron chi connectivity index (χ2n) is 7.50. The van der Waals surface area contributed by atoms with Crippen molar-refractivity contribution in [1.82, 2.24) is 0 Å². The minimum absolute atomic E-state index is 0.155. The van der Waals surface area contributed by atoms with E-state index in [0.29, 0.717) is 12.3 Å². The van der Waals surface area contributed by atoms with E-state index in [9.17, 15) is 19.2 Å². The normalized spacial score (nSPS) is 61.3. The highest BCUT2D eigenvalue weighted by Crippen LogP contribution is 2.87.